The largest absolute Gasteiger partial charge is 0.471 e. The van der Waals surface area contributed by atoms with Crippen molar-refractivity contribution in [1.29, 1.82) is 0 Å². The summed E-state index contributed by atoms with van der Waals surface area (Å²) in [5, 5.41) is 8.64. The maximum absolute atomic E-state index is 8.64. The third kappa shape index (κ3) is 1.39. The molecule has 0 amide bonds. The molecule has 0 aliphatic heterocycles. The first-order valence-electron chi connectivity index (χ1n) is 2.83. The predicted molar refractivity (Wildman–Crippen MR) is 40.4 cm³/mol. The van der Waals surface area contributed by atoms with Crippen molar-refractivity contribution < 1.29 is 9.52 Å². The first kappa shape index (κ1) is 7.78. The quantitative estimate of drug-likeness (QED) is 0.759. The third-order valence-electron chi connectivity index (χ3n) is 1.24. The summed E-state index contributed by atoms with van der Waals surface area (Å²) in [6, 6.07) is -0.354. The summed E-state index contributed by atoms with van der Waals surface area (Å²) in [6.07, 6.45) is 3.05. The van der Waals surface area contributed by atoms with Gasteiger partial charge in [0.1, 0.15) is 6.26 Å². The zero-order valence-corrected chi connectivity index (χ0v) is 6.84. The Morgan fingerprint density at radius 1 is 1.70 bits per heavy atom. The molecule has 3 N–H and O–H groups in total. The molecule has 0 aliphatic carbocycles. The Kier molecular flexibility index (Phi) is 2.48. The number of rotatable bonds is 2. The fourth-order valence-corrected chi connectivity index (χ4v) is 1.15. The lowest BCUT2D eigenvalue weighted by atomic mass is 10.2. The van der Waals surface area contributed by atoms with Gasteiger partial charge in [-0.05, 0) is 15.9 Å². The van der Waals surface area contributed by atoms with E-state index in [4.69, 9.17) is 15.3 Å². The molecule has 0 saturated carbocycles. The Hall–Kier alpha value is -0.320. The highest BCUT2D eigenvalue weighted by Crippen LogP contribution is 2.22. The van der Waals surface area contributed by atoms with Crippen LogP contribution in [0.1, 0.15) is 11.6 Å². The summed E-state index contributed by atoms with van der Waals surface area (Å²) < 4.78 is 5.63. The average Bonchev–Trinajstić information content (AvgIpc) is 2.34. The van der Waals surface area contributed by atoms with Crippen molar-refractivity contribution in [2.24, 2.45) is 5.73 Å². The molecule has 1 heterocycles. The number of halogens is 1. The fraction of sp³-hybridized carbons (Fsp3) is 0.333. The Morgan fingerprint density at radius 3 is 2.80 bits per heavy atom. The molecular weight excluding hydrogens is 198 g/mol. The molecule has 0 aromatic carbocycles. The molecule has 0 fully saturated rings. The maximum atomic E-state index is 8.64. The Labute approximate surface area is 67.0 Å². The number of aliphatic hydroxyl groups is 1. The number of hydrogen-bond acceptors (Lipinski definition) is 3. The smallest absolute Gasteiger partial charge is 0.105 e. The van der Waals surface area contributed by atoms with Crippen LogP contribution in [-0.2, 0) is 0 Å². The van der Waals surface area contributed by atoms with Gasteiger partial charge in [-0.3, -0.25) is 0 Å². The van der Waals surface area contributed by atoms with E-state index in [-0.39, 0.29) is 12.6 Å². The highest BCUT2D eigenvalue weighted by atomic mass is 79.9. The molecule has 0 bridgehead atoms. The lowest BCUT2D eigenvalue weighted by Gasteiger charge is -2.03. The molecule has 56 valence electrons. The number of nitrogens with two attached hydrogens (primary N) is 1. The molecule has 0 radical (unpaired) electrons. The molecule has 4 heteroatoms. The lowest BCUT2D eigenvalue weighted by molar-refractivity contribution is 0.267. The van der Waals surface area contributed by atoms with Crippen molar-refractivity contribution in [1.82, 2.24) is 0 Å². The standard InChI is InChI=1S/C6H8BrNO2/c7-5-3-10-2-4(5)6(8)1-9/h2-3,6,9H,1,8H2. The zero-order valence-electron chi connectivity index (χ0n) is 5.25. The minimum absolute atomic E-state index is 0.0713. The summed E-state index contributed by atoms with van der Waals surface area (Å²) >= 11 is 3.22. The maximum Gasteiger partial charge on any atom is 0.105 e. The van der Waals surface area contributed by atoms with Gasteiger partial charge in [0.2, 0.25) is 0 Å². The van der Waals surface area contributed by atoms with Crippen molar-refractivity contribution in [3.63, 3.8) is 0 Å². The van der Waals surface area contributed by atoms with Gasteiger partial charge < -0.3 is 15.3 Å². The van der Waals surface area contributed by atoms with Crippen LogP contribution in [0.25, 0.3) is 0 Å². The average molecular weight is 206 g/mol. The Morgan fingerprint density at radius 2 is 2.40 bits per heavy atom. The van der Waals surface area contributed by atoms with E-state index < -0.39 is 0 Å². The van der Waals surface area contributed by atoms with Crippen LogP contribution in [0.5, 0.6) is 0 Å². The Bertz CT molecular complexity index is 211. The van der Waals surface area contributed by atoms with Crippen LogP contribution >= 0.6 is 15.9 Å². The van der Waals surface area contributed by atoms with Crippen molar-refractivity contribution in [3.05, 3.63) is 22.6 Å². The second-order valence-electron chi connectivity index (χ2n) is 1.96. The fourth-order valence-electron chi connectivity index (χ4n) is 0.654. The third-order valence-corrected chi connectivity index (χ3v) is 1.88. The highest BCUT2D eigenvalue weighted by Gasteiger charge is 2.09. The molecule has 1 aromatic rings. The van der Waals surface area contributed by atoms with Gasteiger partial charge in [0.15, 0.2) is 0 Å². The van der Waals surface area contributed by atoms with Gasteiger partial charge >= 0.3 is 0 Å². The molecule has 3 nitrogen and oxygen atoms in total. The number of hydrogen-bond donors (Lipinski definition) is 2. The summed E-state index contributed by atoms with van der Waals surface area (Å²) in [6.45, 7) is -0.0713. The monoisotopic (exact) mass is 205 g/mol. The second-order valence-corrected chi connectivity index (χ2v) is 2.82. The molecule has 10 heavy (non-hydrogen) atoms. The SMILES string of the molecule is NC(CO)c1cocc1Br. The lowest BCUT2D eigenvalue weighted by Crippen LogP contribution is -2.13. The van der Waals surface area contributed by atoms with Gasteiger partial charge in [0.25, 0.3) is 0 Å². The van der Waals surface area contributed by atoms with E-state index in [1.165, 1.54) is 12.5 Å². The van der Waals surface area contributed by atoms with E-state index in [1.54, 1.807) is 0 Å². The van der Waals surface area contributed by atoms with Gasteiger partial charge in [0.05, 0.1) is 23.4 Å². The minimum atomic E-state index is -0.354. The summed E-state index contributed by atoms with van der Waals surface area (Å²) in [4.78, 5) is 0. The molecule has 0 saturated heterocycles. The number of furan rings is 1. The molecular formula is C6H8BrNO2. The van der Waals surface area contributed by atoms with Crippen LogP contribution in [0, 0.1) is 0 Å². The molecule has 1 atom stereocenters. The van der Waals surface area contributed by atoms with E-state index in [1.807, 2.05) is 0 Å². The van der Waals surface area contributed by atoms with E-state index in [2.05, 4.69) is 15.9 Å². The molecule has 0 spiro atoms. The van der Waals surface area contributed by atoms with Gasteiger partial charge in [-0.15, -0.1) is 0 Å². The number of aliphatic hydroxyl groups excluding tert-OH is 1. The van der Waals surface area contributed by atoms with Crippen molar-refractivity contribution >= 4 is 15.9 Å². The summed E-state index contributed by atoms with van der Waals surface area (Å²) in [5.41, 5.74) is 6.29. The van der Waals surface area contributed by atoms with E-state index >= 15 is 0 Å². The van der Waals surface area contributed by atoms with E-state index in [0.717, 1.165) is 10.0 Å². The minimum Gasteiger partial charge on any atom is -0.471 e. The predicted octanol–water partition coefficient (Wildman–Crippen LogP) is 1.03. The second kappa shape index (κ2) is 3.18. The van der Waals surface area contributed by atoms with Crippen LogP contribution < -0.4 is 5.73 Å². The van der Waals surface area contributed by atoms with Crippen LogP contribution in [0.4, 0.5) is 0 Å². The molecule has 1 aromatic heterocycles. The molecule has 1 rings (SSSR count). The van der Waals surface area contributed by atoms with Crippen LogP contribution in [0.15, 0.2) is 21.4 Å². The zero-order chi connectivity index (χ0) is 7.56. The van der Waals surface area contributed by atoms with Crippen molar-refractivity contribution in [2.75, 3.05) is 6.61 Å². The molecule has 0 aliphatic rings. The van der Waals surface area contributed by atoms with Crippen molar-refractivity contribution in [3.8, 4) is 0 Å². The van der Waals surface area contributed by atoms with Crippen LogP contribution in [-0.4, -0.2) is 11.7 Å². The van der Waals surface area contributed by atoms with E-state index in [0.29, 0.717) is 0 Å². The highest BCUT2D eigenvalue weighted by molar-refractivity contribution is 9.10. The summed E-state index contributed by atoms with van der Waals surface area (Å²) in [5.74, 6) is 0. The van der Waals surface area contributed by atoms with Gasteiger partial charge in [0, 0.05) is 5.56 Å². The van der Waals surface area contributed by atoms with Gasteiger partial charge in [-0.1, -0.05) is 0 Å². The summed E-state index contributed by atoms with van der Waals surface area (Å²) in [7, 11) is 0. The van der Waals surface area contributed by atoms with Crippen molar-refractivity contribution in [2.45, 2.75) is 6.04 Å². The molecule has 1 unspecified atom stereocenters. The Balaban J connectivity index is 2.82. The van der Waals surface area contributed by atoms with Crippen LogP contribution in [0.3, 0.4) is 0 Å². The normalized spacial score (nSPS) is 13.5. The van der Waals surface area contributed by atoms with Crippen LogP contribution in [0.2, 0.25) is 0 Å². The first-order chi connectivity index (χ1) is 4.75. The first-order valence-corrected chi connectivity index (χ1v) is 3.63. The van der Waals surface area contributed by atoms with Gasteiger partial charge in [-0.2, -0.15) is 0 Å². The topological polar surface area (TPSA) is 59.4 Å². The van der Waals surface area contributed by atoms with Gasteiger partial charge in [-0.25, -0.2) is 0 Å². The van der Waals surface area contributed by atoms with E-state index in [9.17, 15) is 0 Å².